The number of nitrogens with zero attached hydrogens (tertiary/aromatic N) is 1. The average Bonchev–Trinajstić information content (AvgIpc) is 3.32. The number of fused-ring (bicyclic) bond motifs is 1. The fourth-order valence-corrected chi connectivity index (χ4v) is 5.42. The molecule has 1 fully saturated rings. The smallest absolute Gasteiger partial charge is 0.276 e. The van der Waals surface area contributed by atoms with E-state index in [-0.39, 0.29) is 23.1 Å². The van der Waals surface area contributed by atoms with Gasteiger partial charge < -0.3 is 20.9 Å². The van der Waals surface area contributed by atoms with Crippen LogP contribution in [0.25, 0.3) is 10.9 Å². The predicted molar refractivity (Wildman–Crippen MR) is 136 cm³/mol. The molecule has 180 valence electrons. The molecule has 0 radical (unpaired) electrons. The minimum Gasteiger partial charge on any atom is -0.352 e. The van der Waals surface area contributed by atoms with Crippen molar-refractivity contribution in [3.05, 3.63) is 39.3 Å². The Morgan fingerprint density at radius 3 is 2.47 bits per heavy atom. The molecule has 8 nitrogen and oxygen atoms in total. The number of anilines is 2. The molecule has 34 heavy (non-hydrogen) atoms. The Morgan fingerprint density at radius 1 is 1.09 bits per heavy atom. The number of hydrogen-bond donors (Lipinski definition) is 4. The molecule has 1 aromatic carbocycles. The first-order valence-corrected chi connectivity index (χ1v) is 12.5. The minimum absolute atomic E-state index is 0.0185. The molecule has 4 N–H and O–H groups in total. The number of aromatic amines is 1. The van der Waals surface area contributed by atoms with Crippen LogP contribution in [0.1, 0.15) is 76.7 Å². The number of carbonyl (C=O) groups excluding carboxylic acids is 3. The van der Waals surface area contributed by atoms with Gasteiger partial charge in [0, 0.05) is 33.4 Å². The zero-order chi connectivity index (χ0) is 24.5. The fraction of sp³-hybridized carbons (Fsp3) is 0.440. The van der Waals surface area contributed by atoms with Gasteiger partial charge in [-0.15, -0.1) is 11.3 Å². The van der Waals surface area contributed by atoms with Crippen molar-refractivity contribution in [2.75, 3.05) is 17.2 Å². The van der Waals surface area contributed by atoms with Crippen molar-refractivity contribution in [2.45, 2.75) is 59.8 Å². The normalized spacial score (nSPS) is 15.2. The molecule has 0 aliphatic heterocycles. The van der Waals surface area contributed by atoms with Gasteiger partial charge in [-0.05, 0) is 51.8 Å². The SMILES string of the molecule is CCNC(=O)c1c(NC(=O)c2nc(C)sc2C)[nH]c2cc(NC(=O)C3(C)CCCCC3)ccc12. The molecule has 0 unspecified atom stereocenters. The lowest BCUT2D eigenvalue weighted by Gasteiger charge is -2.32. The standard InChI is InChI=1S/C25H31N5O3S/c1-5-26-22(31)19-17-10-9-16(28-24(33)25(4)11-7-6-8-12-25)13-18(17)29-21(19)30-23(32)20-14(2)34-15(3)27-20/h9-10,13,29H,5-8,11-12H2,1-4H3,(H,26,31)(H,28,33)(H,30,32). The molecule has 2 aromatic heterocycles. The summed E-state index contributed by atoms with van der Waals surface area (Å²) >= 11 is 1.45. The van der Waals surface area contributed by atoms with Crippen molar-refractivity contribution in [3.63, 3.8) is 0 Å². The highest BCUT2D eigenvalue weighted by Gasteiger charge is 2.34. The van der Waals surface area contributed by atoms with E-state index >= 15 is 0 Å². The van der Waals surface area contributed by atoms with Gasteiger partial charge in [-0.2, -0.15) is 0 Å². The van der Waals surface area contributed by atoms with E-state index in [1.807, 2.05) is 27.7 Å². The first kappa shape index (κ1) is 23.9. The lowest BCUT2D eigenvalue weighted by Crippen LogP contribution is -2.35. The van der Waals surface area contributed by atoms with E-state index in [9.17, 15) is 14.4 Å². The second kappa shape index (κ2) is 9.58. The summed E-state index contributed by atoms with van der Waals surface area (Å²) in [6.07, 6.45) is 5.08. The van der Waals surface area contributed by atoms with E-state index in [0.29, 0.717) is 40.2 Å². The molecule has 0 spiro atoms. The van der Waals surface area contributed by atoms with Crippen LogP contribution >= 0.6 is 11.3 Å². The van der Waals surface area contributed by atoms with Crippen LogP contribution in [0.2, 0.25) is 0 Å². The highest BCUT2D eigenvalue weighted by atomic mass is 32.1. The van der Waals surface area contributed by atoms with Crippen molar-refractivity contribution >= 4 is 51.5 Å². The van der Waals surface area contributed by atoms with Crippen molar-refractivity contribution in [2.24, 2.45) is 5.41 Å². The number of benzene rings is 1. The van der Waals surface area contributed by atoms with Gasteiger partial charge in [0.15, 0.2) is 0 Å². The summed E-state index contributed by atoms with van der Waals surface area (Å²) in [7, 11) is 0. The van der Waals surface area contributed by atoms with Crippen LogP contribution in [0.15, 0.2) is 18.2 Å². The second-order valence-electron chi connectivity index (χ2n) is 9.16. The number of rotatable bonds is 6. The van der Waals surface area contributed by atoms with Crippen molar-refractivity contribution < 1.29 is 14.4 Å². The first-order chi connectivity index (χ1) is 16.2. The largest absolute Gasteiger partial charge is 0.352 e. The zero-order valence-electron chi connectivity index (χ0n) is 20.1. The molecule has 0 bridgehead atoms. The highest BCUT2D eigenvalue weighted by molar-refractivity contribution is 7.11. The Morgan fingerprint density at radius 2 is 1.82 bits per heavy atom. The number of carbonyl (C=O) groups is 3. The lowest BCUT2D eigenvalue weighted by atomic mass is 9.75. The van der Waals surface area contributed by atoms with Crippen molar-refractivity contribution in [1.29, 1.82) is 0 Å². The molecule has 0 saturated heterocycles. The summed E-state index contributed by atoms with van der Waals surface area (Å²) in [5.74, 6) is -0.344. The van der Waals surface area contributed by atoms with Gasteiger partial charge in [-0.1, -0.05) is 26.2 Å². The van der Waals surface area contributed by atoms with Gasteiger partial charge >= 0.3 is 0 Å². The molecule has 1 saturated carbocycles. The number of thiazole rings is 1. The quantitative estimate of drug-likeness (QED) is 0.389. The highest BCUT2D eigenvalue weighted by Crippen LogP contribution is 2.37. The molecule has 3 amide bonds. The Labute approximate surface area is 202 Å². The van der Waals surface area contributed by atoms with Crippen molar-refractivity contribution in [1.82, 2.24) is 15.3 Å². The monoisotopic (exact) mass is 481 g/mol. The van der Waals surface area contributed by atoms with Gasteiger partial charge in [0.2, 0.25) is 5.91 Å². The molecular weight excluding hydrogens is 450 g/mol. The van der Waals surface area contributed by atoms with Crippen LogP contribution in [-0.4, -0.2) is 34.2 Å². The third kappa shape index (κ3) is 4.70. The van der Waals surface area contributed by atoms with Gasteiger partial charge in [-0.3, -0.25) is 14.4 Å². The average molecular weight is 482 g/mol. The molecule has 1 aliphatic rings. The minimum atomic E-state index is -0.377. The summed E-state index contributed by atoms with van der Waals surface area (Å²) < 4.78 is 0. The molecule has 2 heterocycles. The Bertz CT molecular complexity index is 1250. The summed E-state index contributed by atoms with van der Waals surface area (Å²) in [6, 6.07) is 5.39. The van der Waals surface area contributed by atoms with E-state index in [4.69, 9.17) is 0 Å². The summed E-state index contributed by atoms with van der Waals surface area (Å²) in [4.78, 5) is 47.0. The zero-order valence-corrected chi connectivity index (χ0v) is 20.9. The number of amides is 3. The number of nitrogens with one attached hydrogen (secondary N) is 4. The van der Waals surface area contributed by atoms with Crippen LogP contribution in [-0.2, 0) is 4.79 Å². The third-order valence-corrected chi connectivity index (χ3v) is 7.37. The molecule has 0 atom stereocenters. The topological polar surface area (TPSA) is 116 Å². The van der Waals surface area contributed by atoms with Gasteiger partial charge in [-0.25, -0.2) is 4.98 Å². The molecule has 4 rings (SSSR count). The first-order valence-electron chi connectivity index (χ1n) is 11.7. The van der Waals surface area contributed by atoms with Crippen LogP contribution in [0.3, 0.4) is 0 Å². The molecular formula is C25H31N5O3S. The van der Waals surface area contributed by atoms with Crippen LogP contribution < -0.4 is 16.0 Å². The van der Waals surface area contributed by atoms with Gasteiger partial charge in [0.1, 0.15) is 11.5 Å². The summed E-state index contributed by atoms with van der Waals surface area (Å²) in [6.45, 7) is 8.01. The van der Waals surface area contributed by atoms with E-state index < -0.39 is 0 Å². The fourth-order valence-electron chi connectivity index (χ4n) is 4.61. The summed E-state index contributed by atoms with van der Waals surface area (Å²) in [5, 5.41) is 10.2. The van der Waals surface area contributed by atoms with Crippen LogP contribution in [0, 0.1) is 19.3 Å². The van der Waals surface area contributed by atoms with Gasteiger partial charge in [0.05, 0.1) is 10.6 Å². The van der Waals surface area contributed by atoms with Crippen LogP contribution in [0.5, 0.6) is 0 Å². The predicted octanol–water partition coefficient (Wildman–Crippen LogP) is 5.15. The van der Waals surface area contributed by atoms with Gasteiger partial charge in [0.25, 0.3) is 11.8 Å². The Hall–Kier alpha value is -3.20. The van der Waals surface area contributed by atoms with E-state index in [1.54, 1.807) is 18.2 Å². The lowest BCUT2D eigenvalue weighted by molar-refractivity contribution is -0.126. The number of aromatic nitrogens is 2. The summed E-state index contributed by atoms with van der Waals surface area (Å²) in [5.41, 5.74) is 1.63. The third-order valence-electron chi connectivity index (χ3n) is 6.48. The molecule has 3 aromatic rings. The van der Waals surface area contributed by atoms with E-state index in [2.05, 4.69) is 25.9 Å². The van der Waals surface area contributed by atoms with E-state index in [1.165, 1.54) is 17.8 Å². The maximum Gasteiger partial charge on any atom is 0.276 e. The number of aryl methyl sites for hydroxylation is 2. The second-order valence-corrected chi connectivity index (χ2v) is 10.6. The number of hydrogen-bond acceptors (Lipinski definition) is 5. The molecule has 9 heteroatoms. The number of H-pyrrole nitrogens is 1. The van der Waals surface area contributed by atoms with Crippen LogP contribution in [0.4, 0.5) is 11.5 Å². The van der Waals surface area contributed by atoms with E-state index in [0.717, 1.165) is 35.6 Å². The maximum atomic E-state index is 13.0. The Kier molecular flexibility index (Phi) is 6.74. The van der Waals surface area contributed by atoms with Crippen molar-refractivity contribution in [3.8, 4) is 0 Å². The Balaban J connectivity index is 1.65. The molecule has 1 aliphatic carbocycles. The maximum absolute atomic E-state index is 13.0.